The van der Waals surface area contributed by atoms with Gasteiger partial charge in [-0.25, -0.2) is 8.42 Å². The third-order valence-corrected chi connectivity index (χ3v) is 7.65. The molecule has 1 N–H and O–H groups in total. The number of methoxy groups -OCH3 is 1. The van der Waals surface area contributed by atoms with Crippen LogP contribution in [0, 0.1) is 0 Å². The normalized spacial score (nSPS) is 12.9. The molecule has 0 aliphatic rings. The average molecular weight is 583 g/mol. The fourth-order valence-electron chi connectivity index (χ4n) is 3.65. The Balaban J connectivity index is 2.19. The van der Waals surface area contributed by atoms with Gasteiger partial charge in [-0.2, -0.15) is 0 Å². The first-order valence-electron chi connectivity index (χ1n) is 11.9. The topological polar surface area (TPSA) is 96.0 Å². The van der Waals surface area contributed by atoms with Crippen LogP contribution in [-0.2, 0) is 26.2 Å². The summed E-state index contributed by atoms with van der Waals surface area (Å²) in [5.41, 5.74) is 1.31. The number of rotatable bonds is 13. The molecule has 36 heavy (non-hydrogen) atoms. The second kappa shape index (κ2) is 13.6. The molecule has 8 nitrogen and oxygen atoms in total. The van der Waals surface area contributed by atoms with E-state index in [0.29, 0.717) is 11.4 Å². The second-order valence-electron chi connectivity index (χ2n) is 8.75. The number of nitrogens with one attached hydrogen (secondary N) is 1. The van der Waals surface area contributed by atoms with Crippen molar-refractivity contribution in [2.75, 3.05) is 24.2 Å². The van der Waals surface area contributed by atoms with Crippen molar-refractivity contribution in [2.45, 2.75) is 58.7 Å². The van der Waals surface area contributed by atoms with Gasteiger partial charge in [0.15, 0.2) is 0 Å². The predicted molar refractivity (Wildman–Crippen MR) is 146 cm³/mol. The Morgan fingerprint density at radius 3 is 2.31 bits per heavy atom. The number of halogens is 1. The van der Waals surface area contributed by atoms with Crippen LogP contribution in [0.5, 0.6) is 5.75 Å². The smallest absolute Gasteiger partial charge is 0.242 e. The first-order valence-corrected chi connectivity index (χ1v) is 14.6. The van der Waals surface area contributed by atoms with Crippen LogP contribution in [0.15, 0.2) is 53.0 Å². The lowest BCUT2D eigenvalue weighted by molar-refractivity contribution is -0.140. The molecule has 0 saturated carbocycles. The highest BCUT2D eigenvalue weighted by Gasteiger charge is 2.27. The summed E-state index contributed by atoms with van der Waals surface area (Å²) in [6, 6.07) is 13.7. The van der Waals surface area contributed by atoms with Crippen molar-refractivity contribution >= 4 is 43.5 Å². The molecular formula is C26H36BrN3O5S. The summed E-state index contributed by atoms with van der Waals surface area (Å²) < 4.78 is 32.5. The molecule has 0 bridgehead atoms. The Morgan fingerprint density at radius 1 is 1.08 bits per heavy atom. The van der Waals surface area contributed by atoms with E-state index in [0.717, 1.165) is 22.7 Å². The van der Waals surface area contributed by atoms with E-state index in [1.807, 2.05) is 38.1 Å². The van der Waals surface area contributed by atoms with Gasteiger partial charge in [0, 0.05) is 30.0 Å². The lowest BCUT2D eigenvalue weighted by atomic mass is 10.1. The fraction of sp³-hybridized carbons (Fsp3) is 0.462. The van der Waals surface area contributed by atoms with Gasteiger partial charge in [-0.3, -0.25) is 13.9 Å². The summed E-state index contributed by atoms with van der Waals surface area (Å²) in [6.45, 7) is 5.99. The van der Waals surface area contributed by atoms with Crippen LogP contribution in [-0.4, -0.2) is 57.1 Å². The van der Waals surface area contributed by atoms with Crippen LogP contribution in [0.2, 0.25) is 0 Å². The quantitative estimate of drug-likeness (QED) is 0.379. The van der Waals surface area contributed by atoms with Crippen molar-refractivity contribution in [3.05, 3.63) is 58.6 Å². The van der Waals surface area contributed by atoms with Gasteiger partial charge < -0.3 is 15.0 Å². The van der Waals surface area contributed by atoms with E-state index < -0.39 is 16.1 Å². The molecule has 0 aliphatic heterocycles. The summed E-state index contributed by atoms with van der Waals surface area (Å²) in [5, 5.41) is 2.95. The van der Waals surface area contributed by atoms with Crippen molar-refractivity contribution in [1.82, 2.24) is 10.2 Å². The van der Waals surface area contributed by atoms with Crippen molar-refractivity contribution in [1.29, 1.82) is 0 Å². The minimum atomic E-state index is -3.61. The molecule has 0 aromatic heterocycles. The molecule has 0 spiro atoms. The third-order valence-electron chi connectivity index (χ3n) is 5.94. The molecule has 0 heterocycles. The molecule has 2 atom stereocenters. The van der Waals surface area contributed by atoms with Crippen molar-refractivity contribution in [3.63, 3.8) is 0 Å². The number of carbonyl (C=O) groups is 2. The zero-order valence-electron chi connectivity index (χ0n) is 21.5. The zero-order valence-corrected chi connectivity index (χ0v) is 23.9. The van der Waals surface area contributed by atoms with Gasteiger partial charge in [-0.1, -0.05) is 47.1 Å². The van der Waals surface area contributed by atoms with Crippen LogP contribution in [0.1, 0.15) is 45.6 Å². The molecule has 10 heteroatoms. The van der Waals surface area contributed by atoms with E-state index in [9.17, 15) is 18.0 Å². The summed E-state index contributed by atoms with van der Waals surface area (Å²) in [5.74, 6) is -0.0127. The van der Waals surface area contributed by atoms with Crippen molar-refractivity contribution < 1.29 is 22.7 Å². The monoisotopic (exact) mass is 581 g/mol. The van der Waals surface area contributed by atoms with Crippen LogP contribution >= 0.6 is 15.9 Å². The maximum absolute atomic E-state index is 13.4. The number of para-hydroxylation sites is 2. The Bertz CT molecular complexity index is 1120. The number of amides is 2. The first kappa shape index (κ1) is 29.6. The van der Waals surface area contributed by atoms with Gasteiger partial charge in [0.25, 0.3) is 0 Å². The molecular weight excluding hydrogens is 546 g/mol. The van der Waals surface area contributed by atoms with E-state index in [-0.39, 0.29) is 43.8 Å². The lowest BCUT2D eigenvalue weighted by Crippen LogP contribution is -2.49. The molecule has 2 rings (SSSR count). The number of carbonyl (C=O) groups excluding carboxylic acids is 2. The zero-order chi connectivity index (χ0) is 26.9. The first-order chi connectivity index (χ1) is 17.0. The van der Waals surface area contributed by atoms with E-state index in [2.05, 4.69) is 21.2 Å². The van der Waals surface area contributed by atoms with E-state index in [1.165, 1.54) is 11.4 Å². The highest BCUT2D eigenvalue weighted by Crippen LogP contribution is 2.29. The maximum Gasteiger partial charge on any atom is 0.242 e. The third kappa shape index (κ3) is 8.51. The van der Waals surface area contributed by atoms with Gasteiger partial charge >= 0.3 is 0 Å². The number of nitrogens with zero attached hydrogens (tertiary/aromatic N) is 2. The molecule has 2 unspecified atom stereocenters. The Hall–Kier alpha value is -2.59. The molecule has 0 aliphatic carbocycles. The Kier molecular flexibility index (Phi) is 11.2. The number of anilines is 1. The van der Waals surface area contributed by atoms with Crippen LogP contribution in [0.25, 0.3) is 0 Å². The highest BCUT2D eigenvalue weighted by molar-refractivity contribution is 9.10. The standard InChI is InChI=1S/C26H36BrN3O5S/c1-6-19(2)28-26(32)20(3)29(18-21-13-15-22(27)16-14-21)25(31)12-9-17-30(36(5,33)34)23-10-7-8-11-24(23)35-4/h7-8,10-11,13-16,19-20H,6,9,12,17-18H2,1-5H3,(H,28,32). The largest absolute Gasteiger partial charge is 0.495 e. The minimum Gasteiger partial charge on any atom is -0.495 e. The fourth-order valence-corrected chi connectivity index (χ4v) is 4.89. The SMILES string of the molecule is CCC(C)NC(=O)C(C)N(Cc1ccc(Br)cc1)C(=O)CCCN(c1ccccc1OC)S(C)(=O)=O. The number of hydrogen-bond donors (Lipinski definition) is 1. The maximum atomic E-state index is 13.4. The van der Waals surface area contributed by atoms with Crippen LogP contribution in [0.4, 0.5) is 5.69 Å². The molecule has 198 valence electrons. The molecule has 2 aromatic carbocycles. The number of sulfonamides is 1. The van der Waals surface area contributed by atoms with Crippen molar-refractivity contribution in [3.8, 4) is 5.75 Å². The summed E-state index contributed by atoms with van der Waals surface area (Å²) in [4.78, 5) is 27.8. The highest BCUT2D eigenvalue weighted by atomic mass is 79.9. The summed E-state index contributed by atoms with van der Waals surface area (Å²) >= 11 is 3.41. The van der Waals surface area contributed by atoms with Gasteiger partial charge in [-0.05, 0) is 56.5 Å². The summed E-state index contributed by atoms with van der Waals surface area (Å²) in [6.07, 6.45) is 2.27. The molecule has 0 saturated heterocycles. The van der Waals surface area contributed by atoms with Gasteiger partial charge in [0.1, 0.15) is 11.8 Å². The van der Waals surface area contributed by atoms with E-state index >= 15 is 0 Å². The number of hydrogen-bond acceptors (Lipinski definition) is 5. The predicted octanol–water partition coefficient (Wildman–Crippen LogP) is 4.34. The minimum absolute atomic E-state index is 0.00578. The Labute approximate surface area is 223 Å². The average Bonchev–Trinajstić information content (AvgIpc) is 2.84. The lowest BCUT2D eigenvalue weighted by Gasteiger charge is -2.30. The molecule has 2 amide bonds. The number of benzene rings is 2. The van der Waals surface area contributed by atoms with E-state index in [1.54, 1.807) is 36.1 Å². The molecule has 2 aromatic rings. The van der Waals surface area contributed by atoms with Crippen LogP contribution < -0.4 is 14.4 Å². The van der Waals surface area contributed by atoms with E-state index in [4.69, 9.17) is 4.74 Å². The molecule has 0 fully saturated rings. The Morgan fingerprint density at radius 2 is 1.72 bits per heavy atom. The van der Waals surface area contributed by atoms with Gasteiger partial charge in [-0.15, -0.1) is 0 Å². The second-order valence-corrected chi connectivity index (χ2v) is 11.6. The van der Waals surface area contributed by atoms with Crippen molar-refractivity contribution in [2.24, 2.45) is 0 Å². The van der Waals surface area contributed by atoms with Gasteiger partial charge in [0.05, 0.1) is 19.1 Å². The number of ether oxygens (including phenoxy) is 1. The summed E-state index contributed by atoms with van der Waals surface area (Å²) in [7, 11) is -2.13. The molecule has 0 radical (unpaired) electrons. The van der Waals surface area contributed by atoms with Gasteiger partial charge in [0.2, 0.25) is 21.8 Å². The van der Waals surface area contributed by atoms with Crippen LogP contribution in [0.3, 0.4) is 0 Å².